The van der Waals surface area contributed by atoms with Gasteiger partial charge in [0.15, 0.2) is 12.2 Å². The molecule has 13 nitrogen and oxygen atoms in total. The van der Waals surface area contributed by atoms with Crippen LogP contribution >= 0.6 is 0 Å². The molecule has 0 saturated carbocycles. The highest BCUT2D eigenvalue weighted by Crippen LogP contribution is 2.40. The lowest BCUT2D eigenvalue weighted by molar-refractivity contribution is -0.165. The highest BCUT2D eigenvalue weighted by molar-refractivity contribution is 7.88. The molecule has 0 radical (unpaired) electrons. The number of sulfonamides is 1. The molecule has 37 heavy (non-hydrogen) atoms. The van der Waals surface area contributed by atoms with Crippen molar-refractivity contribution in [1.82, 2.24) is 14.1 Å². The number of likely N-dealkylation sites (tertiary alicyclic amines) is 2. The van der Waals surface area contributed by atoms with E-state index >= 15 is 0 Å². The van der Waals surface area contributed by atoms with Crippen molar-refractivity contribution in [2.24, 2.45) is 5.92 Å². The highest BCUT2D eigenvalue weighted by atomic mass is 32.2. The van der Waals surface area contributed by atoms with E-state index in [-0.39, 0.29) is 29.8 Å². The van der Waals surface area contributed by atoms with Crippen molar-refractivity contribution < 1.29 is 48.0 Å². The van der Waals surface area contributed by atoms with Gasteiger partial charge in [-0.2, -0.15) is 0 Å². The van der Waals surface area contributed by atoms with E-state index in [2.05, 4.69) is 4.90 Å². The molecule has 3 rings (SSSR count). The first-order valence-electron chi connectivity index (χ1n) is 12.7. The van der Waals surface area contributed by atoms with Crippen molar-refractivity contribution in [2.75, 3.05) is 32.4 Å². The molecule has 212 valence electrons. The molecule has 14 heteroatoms. The van der Waals surface area contributed by atoms with Gasteiger partial charge in [-0.1, -0.05) is 19.8 Å². The molecular weight excluding hydrogens is 510 g/mol. The van der Waals surface area contributed by atoms with Gasteiger partial charge < -0.3 is 30.2 Å². The average molecular weight is 550 g/mol. The number of hydrogen-bond donors (Lipinski definition) is 4. The summed E-state index contributed by atoms with van der Waals surface area (Å²) >= 11 is 0. The molecular formula is C23H39N3O10S. The summed E-state index contributed by atoms with van der Waals surface area (Å²) in [5, 5.41) is 32.5. The van der Waals surface area contributed by atoms with E-state index in [1.165, 1.54) is 19.3 Å². The largest absolute Gasteiger partial charge is 0.479 e. The van der Waals surface area contributed by atoms with Crippen LogP contribution in [0.4, 0.5) is 0 Å². The van der Waals surface area contributed by atoms with Crippen LogP contribution in [0, 0.1) is 5.92 Å². The fourth-order valence-electron chi connectivity index (χ4n) is 5.37. The Morgan fingerprint density at radius 1 is 1.00 bits per heavy atom. The Morgan fingerprint density at radius 2 is 1.57 bits per heavy atom. The lowest BCUT2D eigenvalue weighted by atomic mass is 9.94. The van der Waals surface area contributed by atoms with Crippen molar-refractivity contribution in [3.8, 4) is 0 Å². The molecule has 4 N–H and O–H groups in total. The van der Waals surface area contributed by atoms with Crippen molar-refractivity contribution in [2.45, 2.75) is 82.6 Å². The second-order valence-electron chi connectivity index (χ2n) is 9.80. The molecule has 0 spiro atoms. The number of aliphatic hydroxyl groups is 2. The summed E-state index contributed by atoms with van der Waals surface area (Å²) in [6.45, 7) is 5.74. The topological polar surface area (TPSA) is 193 Å². The van der Waals surface area contributed by atoms with E-state index in [0.717, 1.165) is 43.0 Å². The summed E-state index contributed by atoms with van der Waals surface area (Å²) in [7, 11) is -3.60. The van der Waals surface area contributed by atoms with Gasteiger partial charge in [-0.05, 0) is 51.7 Å². The molecule has 0 bridgehead atoms. The monoisotopic (exact) mass is 549 g/mol. The zero-order valence-electron chi connectivity index (χ0n) is 21.4. The standard InChI is InChI=1S/C19H33N3O4S.C4H6O6/c1-3-8-15-18-16(22(19(15)24)27(2,25)26)10-14-21(18)17(23)9-7-13-20-11-5-4-6-12-20;5-1(3(7)8)2(6)4(9)10/h15-16,18H,3-14H2,1-2H3;1-2,5-6H,(H,7,8)(H,9,10)/t15-,16+,18-;/m1./s1. The Balaban J connectivity index is 0.000000410. The maximum Gasteiger partial charge on any atom is 0.335 e. The smallest absolute Gasteiger partial charge is 0.335 e. The van der Waals surface area contributed by atoms with Gasteiger partial charge in [-0.3, -0.25) is 9.59 Å². The number of amides is 2. The molecule has 2 unspecified atom stereocenters. The number of rotatable bonds is 10. The Bertz CT molecular complexity index is 919. The van der Waals surface area contributed by atoms with E-state index < -0.39 is 34.2 Å². The van der Waals surface area contributed by atoms with Crippen LogP contribution in [0.1, 0.15) is 58.3 Å². The average Bonchev–Trinajstić information content (AvgIpc) is 3.36. The summed E-state index contributed by atoms with van der Waals surface area (Å²) in [6, 6.07) is -0.662. The number of hydrogen-bond acceptors (Lipinski definition) is 9. The molecule has 3 heterocycles. The van der Waals surface area contributed by atoms with Gasteiger partial charge in [-0.25, -0.2) is 22.3 Å². The minimum atomic E-state index is -3.60. The van der Waals surface area contributed by atoms with Crippen LogP contribution in [-0.2, 0) is 29.2 Å². The first kappa shape index (κ1) is 30.9. The summed E-state index contributed by atoms with van der Waals surface area (Å²) in [5.41, 5.74) is 0. The van der Waals surface area contributed by atoms with Gasteiger partial charge in [0, 0.05) is 13.0 Å². The van der Waals surface area contributed by atoms with Crippen LogP contribution in [-0.4, -0.2) is 123 Å². The fourth-order valence-corrected chi connectivity index (χ4v) is 6.55. The molecule has 0 aliphatic carbocycles. The molecule has 3 saturated heterocycles. The molecule has 0 aromatic heterocycles. The maximum absolute atomic E-state index is 12.9. The third-order valence-corrected chi connectivity index (χ3v) is 8.23. The number of carboxylic acids is 2. The van der Waals surface area contributed by atoms with Crippen molar-refractivity contribution >= 4 is 33.8 Å². The molecule has 0 aromatic rings. The van der Waals surface area contributed by atoms with E-state index in [9.17, 15) is 27.6 Å². The fraction of sp³-hybridized carbons (Fsp3) is 0.826. The van der Waals surface area contributed by atoms with Crippen molar-refractivity contribution in [3.63, 3.8) is 0 Å². The number of piperidine rings is 1. The lowest BCUT2D eigenvalue weighted by Gasteiger charge is -2.29. The van der Waals surface area contributed by atoms with Crippen molar-refractivity contribution in [1.29, 1.82) is 0 Å². The maximum atomic E-state index is 12.9. The Labute approximate surface area is 217 Å². The molecule has 3 aliphatic heterocycles. The first-order chi connectivity index (χ1) is 17.3. The molecule has 0 aromatic carbocycles. The number of carbonyl (C=O) groups is 4. The summed E-state index contributed by atoms with van der Waals surface area (Å²) in [4.78, 5) is 49.4. The molecule has 3 fully saturated rings. The predicted octanol–water partition coefficient (Wildman–Crippen LogP) is -0.682. The number of carbonyl (C=O) groups excluding carboxylic acids is 2. The molecule has 2 amide bonds. The summed E-state index contributed by atoms with van der Waals surface area (Å²) < 4.78 is 25.4. The number of carboxylic acid groups (broad SMARTS) is 2. The third-order valence-electron chi connectivity index (χ3n) is 7.06. The first-order valence-corrected chi connectivity index (χ1v) is 14.5. The van der Waals surface area contributed by atoms with Crippen LogP contribution in [0.2, 0.25) is 0 Å². The van der Waals surface area contributed by atoms with E-state index in [1.54, 1.807) is 0 Å². The number of fused-ring (bicyclic) bond motifs is 1. The molecule has 5 atom stereocenters. The second-order valence-corrected chi connectivity index (χ2v) is 11.7. The van der Waals surface area contributed by atoms with Gasteiger partial charge in [-0.15, -0.1) is 0 Å². The van der Waals surface area contributed by atoms with Gasteiger partial charge in [0.25, 0.3) is 0 Å². The van der Waals surface area contributed by atoms with Gasteiger partial charge in [0.05, 0.1) is 24.3 Å². The summed E-state index contributed by atoms with van der Waals surface area (Å²) in [6.07, 6.45) is 3.64. The second kappa shape index (κ2) is 13.5. The minimum Gasteiger partial charge on any atom is -0.479 e. The predicted molar refractivity (Wildman–Crippen MR) is 131 cm³/mol. The quantitative estimate of drug-likeness (QED) is 0.270. The normalized spacial score (nSPS) is 25.7. The van der Waals surface area contributed by atoms with E-state index in [1.807, 2.05) is 11.8 Å². The zero-order chi connectivity index (χ0) is 27.9. The van der Waals surface area contributed by atoms with E-state index in [0.29, 0.717) is 25.8 Å². The minimum absolute atomic E-state index is 0.0729. The zero-order valence-corrected chi connectivity index (χ0v) is 22.2. The molecule has 3 aliphatic rings. The number of nitrogens with zero attached hydrogens (tertiary/aromatic N) is 3. The number of aliphatic carboxylic acids is 2. The number of aliphatic hydroxyl groups excluding tert-OH is 2. The van der Waals surface area contributed by atoms with Crippen LogP contribution in [0.5, 0.6) is 0 Å². The van der Waals surface area contributed by atoms with Crippen LogP contribution in [0.25, 0.3) is 0 Å². The van der Waals surface area contributed by atoms with Crippen LogP contribution < -0.4 is 0 Å². The highest BCUT2D eigenvalue weighted by Gasteiger charge is 2.56. The van der Waals surface area contributed by atoms with E-state index in [4.69, 9.17) is 20.4 Å². The van der Waals surface area contributed by atoms with Crippen LogP contribution in [0.15, 0.2) is 0 Å². The van der Waals surface area contributed by atoms with Crippen LogP contribution in [0.3, 0.4) is 0 Å². The third kappa shape index (κ3) is 7.85. The lowest BCUT2D eigenvalue weighted by Crippen LogP contribution is -2.43. The van der Waals surface area contributed by atoms with Gasteiger partial charge in [0.2, 0.25) is 21.8 Å². The Kier molecular flexibility index (Phi) is 11.3. The Morgan fingerprint density at radius 3 is 2.05 bits per heavy atom. The van der Waals surface area contributed by atoms with Crippen molar-refractivity contribution in [3.05, 3.63) is 0 Å². The van der Waals surface area contributed by atoms with Gasteiger partial charge in [0.1, 0.15) is 0 Å². The summed E-state index contributed by atoms with van der Waals surface area (Å²) in [5.74, 6) is -4.17. The SMILES string of the molecule is CCC[C@H]1C(=O)N(S(C)(=O)=O)[C@H]2CCN(C(=O)CCCN3CCCCC3)[C@H]12.O=C(O)C(O)C(O)C(=O)O. The Hall–Kier alpha value is -2.29. The van der Waals surface area contributed by atoms with Gasteiger partial charge >= 0.3 is 11.9 Å².